The molecule has 0 heterocycles. The summed E-state index contributed by atoms with van der Waals surface area (Å²) >= 11 is 0. The Kier molecular flexibility index (Phi) is 6.72. The molecule has 0 radical (unpaired) electrons. The van der Waals surface area contributed by atoms with Gasteiger partial charge in [-0.15, -0.1) is 0 Å². The molecule has 1 aliphatic carbocycles. The van der Waals surface area contributed by atoms with Gasteiger partial charge in [-0.3, -0.25) is 9.59 Å². The normalized spacial score (nSPS) is 18.3. The van der Waals surface area contributed by atoms with Crippen molar-refractivity contribution in [2.45, 2.75) is 51.0 Å². The van der Waals surface area contributed by atoms with Gasteiger partial charge in [0.15, 0.2) is 0 Å². The van der Waals surface area contributed by atoms with Crippen molar-refractivity contribution in [3.8, 4) is 0 Å². The molecule has 0 spiro atoms. The molecule has 18 heavy (non-hydrogen) atoms. The molecular formula is C13H25N3O2. The summed E-state index contributed by atoms with van der Waals surface area (Å²) < 4.78 is 0. The molecule has 5 heteroatoms. The highest BCUT2D eigenvalue weighted by Gasteiger charge is 2.26. The van der Waals surface area contributed by atoms with Gasteiger partial charge in [0.2, 0.25) is 11.8 Å². The Morgan fingerprint density at radius 3 is 2.50 bits per heavy atom. The van der Waals surface area contributed by atoms with Crippen LogP contribution in [-0.4, -0.2) is 31.4 Å². The van der Waals surface area contributed by atoms with Crippen molar-refractivity contribution in [3.63, 3.8) is 0 Å². The number of carbonyl (C=O) groups excluding carboxylic acids is 2. The molecule has 5 nitrogen and oxygen atoms in total. The smallest absolute Gasteiger partial charge is 0.221 e. The first-order valence-corrected chi connectivity index (χ1v) is 6.85. The molecule has 0 bridgehead atoms. The topological polar surface area (TPSA) is 84.2 Å². The number of rotatable bonds is 7. The number of nitrogens with one attached hydrogen (secondary N) is 2. The van der Waals surface area contributed by atoms with Gasteiger partial charge < -0.3 is 16.4 Å². The summed E-state index contributed by atoms with van der Waals surface area (Å²) in [5.74, 6) is 0.0745. The van der Waals surface area contributed by atoms with Crippen molar-refractivity contribution >= 4 is 11.8 Å². The third-order valence-electron chi connectivity index (χ3n) is 3.59. The van der Waals surface area contributed by atoms with E-state index in [0.717, 1.165) is 12.8 Å². The molecule has 0 aromatic carbocycles. The molecule has 2 amide bonds. The fourth-order valence-electron chi connectivity index (χ4n) is 2.61. The first-order chi connectivity index (χ1) is 8.63. The number of amides is 2. The summed E-state index contributed by atoms with van der Waals surface area (Å²) in [4.78, 5) is 22.8. The predicted molar refractivity (Wildman–Crippen MR) is 70.9 cm³/mol. The van der Waals surface area contributed by atoms with Crippen LogP contribution in [0.1, 0.15) is 44.9 Å². The lowest BCUT2D eigenvalue weighted by molar-refractivity contribution is -0.123. The zero-order valence-corrected chi connectivity index (χ0v) is 11.2. The van der Waals surface area contributed by atoms with Gasteiger partial charge in [-0.2, -0.15) is 0 Å². The van der Waals surface area contributed by atoms with Crippen LogP contribution in [0, 0.1) is 5.92 Å². The second-order valence-electron chi connectivity index (χ2n) is 5.10. The van der Waals surface area contributed by atoms with Crippen LogP contribution in [0.3, 0.4) is 0 Å². The second kappa shape index (κ2) is 8.08. The molecule has 1 fully saturated rings. The van der Waals surface area contributed by atoms with Gasteiger partial charge in [-0.1, -0.05) is 19.3 Å². The summed E-state index contributed by atoms with van der Waals surface area (Å²) in [7, 11) is 1.81. The number of primary amides is 1. The lowest BCUT2D eigenvalue weighted by atomic mass is 9.82. The summed E-state index contributed by atoms with van der Waals surface area (Å²) in [5, 5.41) is 5.91. The molecule has 4 N–H and O–H groups in total. The quantitative estimate of drug-likeness (QED) is 0.620. The second-order valence-corrected chi connectivity index (χ2v) is 5.10. The van der Waals surface area contributed by atoms with Crippen LogP contribution in [0.2, 0.25) is 0 Å². The minimum Gasteiger partial charge on any atom is -0.370 e. The molecule has 1 unspecified atom stereocenters. The Morgan fingerprint density at radius 2 is 1.94 bits per heavy atom. The SMILES string of the molecule is CNCCC(=O)NC(CC(N)=O)C1CCCCC1. The van der Waals surface area contributed by atoms with Crippen LogP contribution in [0.5, 0.6) is 0 Å². The lowest BCUT2D eigenvalue weighted by Crippen LogP contribution is -2.44. The van der Waals surface area contributed by atoms with Crippen LogP contribution in [0.4, 0.5) is 0 Å². The van der Waals surface area contributed by atoms with Gasteiger partial charge in [0.1, 0.15) is 0 Å². The fourth-order valence-corrected chi connectivity index (χ4v) is 2.61. The summed E-state index contributed by atoms with van der Waals surface area (Å²) in [6, 6.07) is -0.0767. The molecule has 0 aliphatic heterocycles. The molecule has 104 valence electrons. The predicted octanol–water partition coefficient (Wildman–Crippen LogP) is 0.536. The monoisotopic (exact) mass is 255 g/mol. The molecule has 0 aromatic heterocycles. The maximum absolute atomic E-state index is 11.7. The van der Waals surface area contributed by atoms with E-state index in [4.69, 9.17) is 5.73 Å². The summed E-state index contributed by atoms with van der Waals surface area (Å²) in [5.41, 5.74) is 5.27. The third-order valence-corrected chi connectivity index (χ3v) is 3.59. The molecular weight excluding hydrogens is 230 g/mol. The molecule has 0 saturated heterocycles. The van der Waals surface area contributed by atoms with E-state index in [9.17, 15) is 9.59 Å². The third kappa shape index (κ3) is 5.49. The summed E-state index contributed by atoms with van der Waals surface area (Å²) in [6.45, 7) is 0.653. The van der Waals surface area contributed by atoms with Gasteiger partial charge >= 0.3 is 0 Å². The van der Waals surface area contributed by atoms with Gasteiger partial charge in [0.25, 0.3) is 0 Å². The van der Waals surface area contributed by atoms with Gasteiger partial charge in [-0.25, -0.2) is 0 Å². The Hall–Kier alpha value is -1.10. The standard InChI is InChI=1S/C13H25N3O2/c1-15-8-7-13(18)16-11(9-12(14)17)10-5-3-2-4-6-10/h10-11,15H,2-9H2,1H3,(H2,14,17)(H,16,18). The number of hydrogen-bond acceptors (Lipinski definition) is 3. The van der Waals surface area contributed by atoms with Crippen LogP contribution in [-0.2, 0) is 9.59 Å². The highest BCUT2D eigenvalue weighted by Crippen LogP contribution is 2.27. The van der Waals surface area contributed by atoms with Crippen LogP contribution < -0.4 is 16.4 Å². The van der Waals surface area contributed by atoms with E-state index in [2.05, 4.69) is 10.6 Å². The van der Waals surface area contributed by atoms with Crippen LogP contribution in [0.15, 0.2) is 0 Å². The maximum Gasteiger partial charge on any atom is 0.221 e. The molecule has 0 aromatic rings. The zero-order valence-electron chi connectivity index (χ0n) is 11.2. The number of nitrogens with two attached hydrogens (primary N) is 1. The fraction of sp³-hybridized carbons (Fsp3) is 0.846. The van der Waals surface area contributed by atoms with E-state index in [-0.39, 0.29) is 24.3 Å². The van der Waals surface area contributed by atoms with E-state index in [0.29, 0.717) is 18.9 Å². The maximum atomic E-state index is 11.7. The first-order valence-electron chi connectivity index (χ1n) is 6.85. The molecule has 1 aliphatic rings. The number of carbonyl (C=O) groups is 2. The van der Waals surface area contributed by atoms with Gasteiger partial charge in [-0.05, 0) is 25.8 Å². The highest BCUT2D eigenvalue weighted by molar-refractivity contribution is 5.79. The Morgan fingerprint density at radius 1 is 1.28 bits per heavy atom. The summed E-state index contributed by atoms with van der Waals surface area (Å²) in [6.07, 6.45) is 6.51. The van der Waals surface area contributed by atoms with E-state index in [1.165, 1.54) is 19.3 Å². The minimum absolute atomic E-state index is 0.00109. The first kappa shape index (κ1) is 15.0. The van der Waals surface area contributed by atoms with Crippen LogP contribution >= 0.6 is 0 Å². The highest BCUT2D eigenvalue weighted by atomic mass is 16.2. The number of hydrogen-bond donors (Lipinski definition) is 3. The van der Waals surface area contributed by atoms with Crippen molar-refractivity contribution < 1.29 is 9.59 Å². The van der Waals surface area contributed by atoms with E-state index < -0.39 is 0 Å². The van der Waals surface area contributed by atoms with E-state index in [1.807, 2.05) is 7.05 Å². The van der Waals surface area contributed by atoms with Crippen molar-refractivity contribution in [2.75, 3.05) is 13.6 Å². The van der Waals surface area contributed by atoms with Crippen molar-refractivity contribution in [1.29, 1.82) is 0 Å². The molecule has 1 rings (SSSR count). The lowest BCUT2D eigenvalue weighted by Gasteiger charge is -2.30. The largest absolute Gasteiger partial charge is 0.370 e. The Bertz CT molecular complexity index is 275. The van der Waals surface area contributed by atoms with Gasteiger partial charge in [0, 0.05) is 25.4 Å². The molecule has 1 atom stereocenters. The Balaban J connectivity index is 2.48. The van der Waals surface area contributed by atoms with Gasteiger partial charge in [0.05, 0.1) is 0 Å². The average Bonchev–Trinajstić information content (AvgIpc) is 2.36. The zero-order chi connectivity index (χ0) is 13.4. The van der Waals surface area contributed by atoms with E-state index in [1.54, 1.807) is 0 Å². The molecule has 1 saturated carbocycles. The van der Waals surface area contributed by atoms with Crippen LogP contribution in [0.25, 0.3) is 0 Å². The van der Waals surface area contributed by atoms with Crippen molar-refractivity contribution in [2.24, 2.45) is 11.7 Å². The Labute approximate surface area is 109 Å². The minimum atomic E-state index is -0.334. The van der Waals surface area contributed by atoms with Crippen molar-refractivity contribution in [1.82, 2.24) is 10.6 Å². The van der Waals surface area contributed by atoms with Crippen molar-refractivity contribution in [3.05, 3.63) is 0 Å². The van der Waals surface area contributed by atoms with E-state index >= 15 is 0 Å². The average molecular weight is 255 g/mol.